The van der Waals surface area contributed by atoms with E-state index in [1.54, 1.807) is 18.4 Å². The van der Waals surface area contributed by atoms with Gasteiger partial charge in [-0.05, 0) is 48.6 Å². The first-order valence-electron chi connectivity index (χ1n) is 7.98. The molecule has 0 saturated carbocycles. The molecule has 0 atom stereocenters. The molecule has 24 heavy (non-hydrogen) atoms. The summed E-state index contributed by atoms with van der Waals surface area (Å²) >= 11 is 1.74. The number of benzene rings is 1. The third kappa shape index (κ3) is 5.09. The van der Waals surface area contributed by atoms with Crippen molar-refractivity contribution in [1.29, 1.82) is 0 Å². The van der Waals surface area contributed by atoms with E-state index in [9.17, 15) is 4.79 Å². The molecular weight excluding hydrogens is 320 g/mol. The van der Waals surface area contributed by atoms with Crippen LogP contribution in [0.5, 0.6) is 0 Å². The average Bonchev–Trinajstić information content (AvgIpc) is 3.00. The average molecular weight is 344 g/mol. The van der Waals surface area contributed by atoms with Crippen LogP contribution < -0.4 is 16.0 Å². The number of guanidine groups is 1. The van der Waals surface area contributed by atoms with Crippen LogP contribution in [0.4, 0.5) is 0 Å². The molecule has 0 unspecified atom stereocenters. The first kappa shape index (κ1) is 18.0. The highest BCUT2D eigenvalue weighted by Gasteiger charge is 2.06. The fourth-order valence-electron chi connectivity index (χ4n) is 2.24. The van der Waals surface area contributed by atoms with Crippen LogP contribution >= 0.6 is 11.3 Å². The van der Waals surface area contributed by atoms with E-state index < -0.39 is 0 Å². The molecule has 0 aliphatic heterocycles. The zero-order valence-corrected chi connectivity index (χ0v) is 15.2. The van der Waals surface area contributed by atoms with Crippen LogP contribution in [0.15, 0.2) is 40.7 Å². The van der Waals surface area contributed by atoms with Crippen molar-refractivity contribution in [2.75, 3.05) is 13.6 Å². The summed E-state index contributed by atoms with van der Waals surface area (Å²) in [5.74, 6) is 0.696. The molecule has 2 rings (SSSR count). The summed E-state index contributed by atoms with van der Waals surface area (Å²) in [6.07, 6.45) is 0. The normalized spacial score (nSPS) is 11.2. The highest BCUT2D eigenvalue weighted by molar-refractivity contribution is 7.10. The number of carbonyl (C=O) groups excluding carboxylic acids is 1. The SMILES string of the molecule is CCNC(=O)c1cccc(CNC(=NC)NCc2sccc2C)c1. The molecule has 1 heterocycles. The fourth-order valence-corrected chi connectivity index (χ4v) is 3.09. The first-order chi connectivity index (χ1) is 11.6. The van der Waals surface area contributed by atoms with Gasteiger partial charge < -0.3 is 16.0 Å². The summed E-state index contributed by atoms with van der Waals surface area (Å²) in [7, 11) is 1.75. The van der Waals surface area contributed by atoms with Gasteiger partial charge in [-0.2, -0.15) is 0 Å². The Morgan fingerprint density at radius 3 is 2.62 bits per heavy atom. The lowest BCUT2D eigenvalue weighted by molar-refractivity contribution is 0.0955. The minimum absolute atomic E-state index is 0.0463. The van der Waals surface area contributed by atoms with Gasteiger partial charge in [0.2, 0.25) is 0 Å². The Kier molecular flexibility index (Phi) is 6.81. The Hall–Kier alpha value is -2.34. The number of aliphatic imine (C=N–C) groups is 1. The second-order valence-electron chi connectivity index (χ2n) is 5.37. The van der Waals surface area contributed by atoms with Crippen LogP contribution in [0.2, 0.25) is 0 Å². The summed E-state index contributed by atoms with van der Waals surface area (Å²) in [6, 6.07) is 9.72. The van der Waals surface area contributed by atoms with Crippen molar-refractivity contribution < 1.29 is 4.79 Å². The van der Waals surface area contributed by atoms with Crippen molar-refractivity contribution in [2.45, 2.75) is 26.9 Å². The maximum Gasteiger partial charge on any atom is 0.251 e. The number of hydrogen-bond donors (Lipinski definition) is 3. The third-order valence-electron chi connectivity index (χ3n) is 3.59. The van der Waals surface area contributed by atoms with E-state index in [4.69, 9.17) is 0 Å². The van der Waals surface area contributed by atoms with E-state index in [2.05, 4.69) is 39.3 Å². The minimum atomic E-state index is -0.0463. The van der Waals surface area contributed by atoms with Gasteiger partial charge in [-0.1, -0.05) is 12.1 Å². The molecule has 3 N–H and O–H groups in total. The molecule has 128 valence electrons. The van der Waals surface area contributed by atoms with Gasteiger partial charge >= 0.3 is 0 Å². The van der Waals surface area contributed by atoms with Crippen LogP contribution in [0.25, 0.3) is 0 Å². The Bertz CT molecular complexity index is 709. The molecule has 0 radical (unpaired) electrons. The van der Waals surface area contributed by atoms with E-state index >= 15 is 0 Å². The Balaban J connectivity index is 1.90. The molecule has 5 nitrogen and oxygen atoms in total. The summed E-state index contributed by atoms with van der Waals surface area (Å²) in [5, 5.41) is 11.5. The molecule has 0 saturated heterocycles. The van der Waals surface area contributed by atoms with Gasteiger partial charge in [0.05, 0.1) is 6.54 Å². The number of rotatable bonds is 6. The largest absolute Gasteiger partial charge is 0.352 e. The van der Waals surface area contributed by atoms with Crippen molar-refractivity contribution in [1.82, 2.24) is 16.0 Å². The standard InChI is InChI=1S/C18H24N4OS/c1-4-20-17(23)15-7-5-6-14(10-15)11-21-18(19-3)22-12-16-13(2)8-9-24-16/h5-10H,4,11-12H2,1-3H3,(H,20,23)(H2,19,21,22). The summed E-state index contributed by atoms with van der Waals surface area (Å²) in [6.45, 7) is 6.00. The number of amides is 1. The van der Waals surface area contributed by atoms with E-state index in [-0.39, 0.29) is 5.91 Å². The quantitative estimate of drug-likeness (QED) is 0.557. The van der Waals surface area contributed by atoms with Crippen molar-refractivity contribution in [2.24, 2.45) is 4.99 Å². The summed E-state index contributed by atoms with van der Waals surface area (Å²) in [5.41, 5.74) is 3.00. The second kappa shape index (κ2) is 9.08. The number of carbonyl (C=O) groups is 1. The number of thiophene rings is 1. The molecule has 1 aromatic carbocycles. The topological polar surface area (TPSA) is 65.5 Å². The van der Waals surface area contributed by atoms with E-state index in [0.29, 0.717) is 18.7 Å². The van der Waals surface area contributed by atoms with Gasteiger partial charge in [0.15, 0.2) is 5.96 Å². The zero-order chi connectivity index (χ0) is 17.4. The zero-order valence-electron chi connectivity index (χ0n) is 14.3. The monoisotopic (exact) mass is 344 g/mol. The molecule has 1 aromatic heterocycles. The first-order valence-corrected chi connectivity index (χ1v) is 8.86. The number of aryl methyl sites for hydroxylation is 1. The molecule has 0 aliphatic rings. The van der Waals surface area contributed by atoms with Gasteiger partial charge in [-0.3, -0.25) is 9.79 Å². The molecule has 6 heteroatoms. The van der Waals surface area contributed by atoms with E-state index in [1.165, 1.54) is 10.4 Å². The smallest absolute Gasteiger partial charge is 0.251 e. The Morgan fingerprint density at radius 2 is 1.96 bits per heavy atom. The maximum atomic E-state index is 11.9. The van der Waals surface area contributed by atoms with Crippen LogP contribution in [-0.2, 0) is 13.1 Å². The van der Waals surface area contributed by atoms with Crippen LogP contribution in [0, 0.1) is 6.92 Å². The molecule has 0 spiro atoms. The molecular formula is C18H24N4OS. The second-order valence-corrected chi connectivity index (χ2v) is 6.37. The van der Waals surface area contributed by atoms with Gasteiger partial charge in [-0.25, -0.2) is 0 Å². The van der Waals surface area contributed by atoms with Gasteiger partial charge in [0, 0.05) is 30.6 Å². The molecule has 0 aliphatic carbocycles. The highest BCUT2D eigenvalue weighted by Crippen LogP contribution is 2.14. The van der Waals surface area contributed by atoms with Gasteiger partial charge in [0.25, 0.3) is 5.91 Å². The Morgan fingerprint density at radius 1 is 1.17 bits per heavy atom. The predicted octanol–water partition coefficient (Wildman–Crippen LogP) is 2.67. The maximum absolute atomic E-state index is 11.9. The fraction of sp³-hybridized carbons (Fsp3) is 0.333. The van der Waals surface area contributed by atoms with Crippen LogP contribution in [-0.4, -0.2) is 25.5 Å². The number of nitrogens with zero attached hydrogens (tertiary/aromatic N) is 1. The van der Waals surface area contributed by atoms with Gasteiger partial charge in [0.1, 0.15) is 0 Å². The lowest BCUT2D eigenvalue weighted by Gasteiger charge is -2.12. The minimum Gasteiger partial charge on any atom is -0.352 e. The van der Waals surface area contributed by atoms with Crippen molar-refractivity contribution in [3.63, 3.8) is 0 Å². The van der Waals surface area contributed by atoms with Crippen LogP contribution in [0.1, 0.15) is 33.3 Å². The highest BCUT2D eigenvalue weighted by atomic mass is 32.1. The van der Waals surface area contributed by atoms with Gasteiger partial charge in [-0.15, -0.1) is 11.3 Å². The van der Waals surface area contributed by atoms with Crippen molar-refractivity contribution in [3.05, 3.63) is 57.3 Å². The lowest BCUT2D eigenvalue weighted by atomic mass is 10.1. The lowest BCUT2D eigenvalue weighted by Crippen LogP contribution is -2.36. The molecule has 0 bridgehead atoms. The summed E-state index contributed by atoms with van der Waals surface area (Å²) in [4.78, 5) is 17.4. The molecule has 0 fully saturated rings. The van der Waals surface area contributed by atoms with Crippen molar-refractivity contribution in [3.8, 4) is 0 Å². The number of hydrogen-bond acceptors (Lipinski definition) is 3. The van der Waals surface area contributed by atoms with Crippen LogP contribution in [0.3, 0.4) is 0 Å². The predicted molar refractivity (Wildman–Crippen MR) is 101 cm³/mol. The summed E-state index contributed by atoms with van der Waals surface area (Å²) < 4.78 is 0. The Labute approximate surface area is 147 Å². The molecule has 2 aromatic rings. The third-order valence-corrected chi connectivity index (χ3v) is 4.62. The molecule has 1 amide bonds. The van der Waals surface area contributed by atoms with Crippen molar-refractivity contribution >= 4 is 23.2 Å². The van der Waals surface area contributed by atoms with E-state index in [0.717, 1.165) is 18.1 Å². The van der Waals surface area contributed by atoms with E-state index in [1.807, 2.05) is 31.2 Å². The number of nitrogens with one attached hydrogen (secondary N) is 3.